The molecule has 176 valence electrons. The van der Waals surface area contributed by atoms with Gasteiger partial charge in [0.15, 0.2) is 11.5 Å². The summed E-state index contributed by atoms with van der Waals surface area (Å²) < 4.78 is 11.0. The minimum Gasteiger partial charge on any atom is -0.493 e. The van der Waals surface area contributed by atoms with Gasteiger partial charge in [-0.05, 0) is 47.2 Å². The lowest BCUT2D eigenvalue weighted by Crippen LogP contribution is -2.41. The van der Waals surface area contributed by atoms with E-state index in [1.807, 2.05) is 66.7 Å². The Bertz CT molecular complexity index is 1070. The fraction of sp³-hybridized carbons (Fsp3) is 0.300. The van der Waals surface area contributed by atoms with Crippen molar-refractivity contribution in [2.75, 3.05) is 20.8 Å². The van der Waals surface area contributed by atoms with Crippen LogP contribution in [-0.4, -0.2) is 26.7 Å². The van der Waals surface area contributed by atoms with Crippen LogP contribution in [0.15, 0.2) is 84.9 Å². The Hall–Kier alpha value is -3.53. The van der Waals surface area contributed by atoms with Crippen molar-refractivity contribution in [2.24, 2.45) is 0 Å². The number of carbonyl (C=O) groups excluding carboxylic acids is 1. The van der Waals surface area contributed by atoms with Crippen molar-refractivity contribution in [1.29, 1.82) is 0 Å². The minimum absolute atomic E-state index is 0.0758. The molecule has 0 unspecified atom stereocenters. The normalized spacial score (nSPS) is 14.6. The number of ether oxygens (including phenoxy) is 2. The second-order valence-electron chi connectivity index (χ2n) is 8.92. The molecular weight excluding hydrogens is 422 g/mol. The van der Waals surface area contributed by atoms with E-state index in [4.69, 9.17) is 9.47 Å². The Kier molecular flexibility index (Phi) is 7.69. The van der Waals surface area contributed by atoms with E-state index in [2.05, 4.69) is 17.4 Å². The molecule has 34 heavy (non-hydrogen) atoms. The molecule has 1 fully saturated rings. The summed E-state index contributed by atoms with van der Waals surface area (Å²) in [4.78, 5) is 13.2. The molecule has 0 aromatic heterocycles. The zero-order valence-corrected chi connectivity index (χ0v) is 20.1. The third kappa shape index (κ3) is 5.33. The van der Waals surface area contributed by atoms with E-state index in [-0.39, 0.29) is 11.3 Å². The highest BCUT2D eigenvalue weighted by Gasteiger charge is 2.35. The first-order valence-corrected chi connectivity index (χ1v) is 12.0. The summed E-state index contributed by atoms with van der Waals surface area (Å²) in [6.45, 7) is 0.592. The molecule has 4 nitrogen and oxygen atoms in total. The standard InChI is InChI=1S/C30H33NO3/c1-33-27-17-16-25(20-28(27)34-2)30(18-10-5-11-19-30)22-31-29(32)21-26(23-12-6-3-7-13-23)24-14-8-4-9-15-24/h3-4,6-9,12-17,20-21H,5,10-11,18-19,22H2,1-2H3,(H,31,32). The number of amides is 1. The summed E-state index contributed by atoms with van der Waals surface area (Å²) in [6, 6.07) is 26.3. The maximum atomic E-state index is 13.2. The van der Waals surface area contributed by atoms with Gasteiger partial charge >= 0.3 is 0 Å². The largest absolute Gasteiger partial charge is 0.493 e. The molecular formula is C30H33NO3. The zero-order valence-electron chi connectivity index (χ0n) is 20.1. The molecule has 3 aromatic carbocycles. The predicted molar refractivity (Wildman–Crippen MR) is 137 cm³/mol. The lowest BCUT2D eigenvalue weighted by atomic mass is 9.69. The summed E-state index contributed by atoms with van der Waals surface area (Å²) in [5.41, 5.74) is 4.05. The van der Waals surface area contributed by atoms with E-state index in [1.54, 1.807) is 20.3 Å². The monoisotopic (exact) mass is 455 g/mol. The number of nitrogens with one attached hydrogen (secondary N) is 1. The second kappa shape index (κ2) is 11.1. The van der Waals surface area contributed by atoms with E-state index in [9.17, 15) is 4.79 Å². The van der Waals surface area contributed by atoms with Crippen molar-refractivity contribution in [2.45, 2.75) is 37.5 Å². The first-order valence-electron chi connectivity index (χ1n) is 12.0. The lowest BCUT2D eigenvalue weighted by Gasteiger charge is -2.38. The van der Waals surface area contributed by atoms with Crippen LogP contribution < -0.4 is 14.8 Å². The maximum absolute atomic E-state index is 13.2. The van der Waals surface area contributed by atoms with Gasteiger partial charge in [-0.25, -0.2) is 0 Å². The molecule has 0 aliphatic heterocycles. The Labute approximate surface area is 202 Å². The molecule has 4 rings (SSSR count). The number of hydrogen-bond donors (Lipinski definition) is 1. The Morgan fingerprint density at radius 1 is 0.824 bits per heavy atom. The molecule has 1 aliphatic carbocycles. The van der Waals surface area contributed by atoms with E-state index < -0.39 is 0 Å². The van der Waals surface area contributed by atoms with Crippen LogP contribution in [0.4, 0.5) is 0 Å². The summed E-state index contributed by atoms with van der Waals surface area (Å²) in [6.07, 6.45) is 7.34. The van der Waals surface area contributed by atoms with E-state index in [1.165, 1.54) is 12.0 Å². The number of carbonyl (C=O) groups is 1. The number of benzene rings is 3. The first-order chi connectivity index (χ1) is 16.6. The third-order valence-corrected chi connectivity index (χ3v) is 6.85. The highest BCUT2D eigenvalue weighted by Crippen LogP contribution is 2.42. The molecule has 3 aromatic rings. The van der Waals surface area contributed by atoms with Gasteiger partial charge < -0.3 is 14.8 Å². The lowest BCUT2D eigenvalue weighted by molar-refractivity contribution is -0.116. The first kappa shape index (κ1) is 23.6. The Morgan fingerprint density at radius 2 is 1.41 bits per heavy atom. The Morgan fingerprint density at radius 3 is 1.97 bits per heavy atom. The van der Waals surface area contributed by atoms with Gasteiger partial charge in [-0.3, -0.25) is 4.79 Å². The number of hydrogen-bond acceptors (Lipinski definition) is 3. The van der Waals surface area contributed by atoms with Gasteiger partial charge in [0.1, 0.15) is 0 Å². The Balaban J connectivity index is 1.60. The van der Waals surface area contributed by atoms with Gasteiger partial charge in [0.2, 0.25) is 5.91 Å². The molecule has 0 heterocycles. The third-order valence-electron chi connectivity index (χ3n) is 6.85. The van der Waals surface area contributed by atoms with E-state index in [0.717, 1.165) is 53.9 Å². The molecule has 0 atom stereocenters. The molecule has 1 saturated carbocycles. The fourth-order valence-corrected chi connectivity index (χ4v) is 4.97. The quantitative estimate of drug-likeness (QED) is 0.414. The maximum Gasteiger partial charge on any atom is 0.244 e. The molecule has 0 radical (unpaired) electrons. The van der Waals surface area contributed by atoms with Crippen molar-refractivity contribution in [1.82, 2.24) is 5.32 Å². The smallest absolute Gasteiger partial charge is 0.244 e. The summed E-state index contributed by atoms with van der Waals surface area (Å²) >= 11 is 0. The number of rotatable bonds is 8. The van der Waals surface area contributed by atoms with Gasteiger partial charge in [-0.15, -0.1) is 0 Å². The number of methoxy groups -OCH3 is 2. The zero-order chi connectivity index (χ0) is 23.8. The SMILES string of the molecule is COc1ccc(C2(CNC(=O)C=C(c3ccccc3)c3ccccc3)CCCCC2)cc1OC. The average Bonchev–Trinajstić information content (AvgIpc) is 2.91. The molecule has 0 saturated heterocycles. The van der Waals surface area contributed by atoms with Crippen LogP contribution in [-0.2, 0) is 10.2 Å². The van der Waals surface area contributed by atoms with E-state index >= 15 is 0 Å². The average molecular weight is 456 g/mol. The van der Waals surface area contributed by atoms with Crippen molar-refractivity contribution >= 4 is 11.5 Å². The van der Waals surface area contributed by atoms with Crippen LogP contribution in [0.5, 0.6) is 11.5 Å². The minimum atomic E-state index is -0.110. The fourth-order valence-electron chi connectivity index (χ4n) is 4.97. The molecule has 1 N–H and O–H groups in total. The molecule has 0 bridgehead atoms. The highest BCUT2D eigenvalue weighted by molar-refractivity contribution is 5.99. The summed E-state index contributed by atoms with van der Waals surface area (Å²) in [7, 11) is 3.31. The van der Waals surface area contributed by atoms with Crippen molar-refractivity contribution < 1.29 is 14.3 Å². The second-order valence-corrected chi connectivity index (χ2v) is 8.92. The van der Waals surface area contributed by atoms with Crippen molar-refractivity contribution in [3.05, 3.63) is 102 Å². The van der Waals surface area contributed by atoms with Gasteiger partial charge in [-0.1, -0.05) is 86.0 Å². The van der Waals surface area contributed by atoms with Crippen molar-refractivity contribution in [3.63, 3.8) is 0 Å². The van der Waals surface area contributed by atoms with Crippen LogP contribution in [0.1, 0.15) is 48.8 Å². The highest BCUT2D eigenvalue weighted by atomic mass is 16.5. The predicted octanol–water partition coefficient (Wildman–Crippen LogP) is 6.15. The van der Waals surface area contributed by atoms with Crippen molar-refractivity contribution in [3.8, 4) is 11.5 Å². The summed E-state index contributed by atoms with van der Waals surface area (Å²) in [5.74, 6) is 1.37. The van der Waals surface area contributed by atoms with Crippen LogP contribution in [0.25, 0.3) is 5.57 Å². The molecule has 1 aliphatic rings. The van der Waals surface area contributed by atoms with Gasteiger partial charge in [0.25, 0.3) is 0 Å². The molecule has 0 spiro atoms. The van der Waals surface area contributed by atoms with E-state index in [0.29, 0.717) is 6.54 Å². The van der Waals surface area contributed by atoms with Crippen LogP contribution in [0.2, 0.25) is 0 Å². The topological polar surface area (TPSA) is 47.6 Å². The van der Waals surface area contributed by atoms with Gasteiger partial charge in [0, 0.05) is 18.0 Å². The van der Waals surface area contributed by atoms with Gasteiger partial charge in [-0.2, -0.15) is 0 Å². The van der Waals surface area contributed by atoms with Crippen LogP contribution in [0.3, 0.4) is 0 Å². The van der Waals surface area contributed by atoms with Crippen LogP contribution >= 0.6 is 0 Å². The van der Waals surface area contributed by atoms with Gasteiger partial charge in [0.05, 0.1) is 14.2 Å². The molecule has 1 amide bonds. The molecule has 4 heteroatoms. The summed E-state index contributed by atoms with van der Waals surface area (Å²) in [5, 5.41) is 3.24. The van der Waals surface area contributed by atoms with Crippen LogP contribution in [0, 0.1) is 0 Å².